The van der Waals surface area contributed by atoms with Gasteiger partial charge in [0.2, 0.25) is 5.91 Å². The summed E-state index contributed by atoms with van der Waals surface area (Å²) in [5.74, 6) is 0.612. The first-order valence-corrected chi connectivity index (χ1v) is 8.57. The van der Waals surface area contributed by atoms with E-state index < -0.39 is 0 Å². The average Bonchev–Trinajstić information content (AvgIpc) is 2.92. The van der Waals surface area contributed by atoms with Crippen LogP contribution in [0.4, 0.5) is 5.69 Å². The van der Waals surface area contributed by atoms with Crippen molar-refractivity contribution in [2.24, 2.45) is 0 Å². The van der Waals surface area contributed by atoms with Crippen LogP contribution in [0.5, 0.6) is 0 Å². The molecule has 1 aromatic carbocycles. The van der Waals surface area contributed by atoms with E-state index in [1.54, 1.807) is 29.2 Å². The van der Waals surface area contributed by atoms with E-state index in [0.29, 0.717) is 37.2 Å². The Hall–Kier alpha value is -2.63. The minimum Gasteiger partial charge on any atom is -0.361 e. The predicted molar refractivity (Wildman–Crippen MR) is 96.6 cm³/mol. The zero-order chi connectivity index (χ0) is 18.4. The van der Waals surface area contributed by atoms with Crippen molar-refractivity contribution < 1.29 is 14.1 Å². The standard InChI is InChI=1S/C19H25N3O3/c1-5-22(6-2)19(24)15-8-7-9-16(12-15)20-18(23)11-10-17-13(3)21-25-14(17)4/h7-9,12H,5-6,10-11H2,1-4H3,(H,20,23). The first-order valence-electron chi connectivity index (χ1n) is 8.57. The van der Waals surface area contributed by atoms with E-state index in [1.165, 1.54) is 0 Å². The Labute approximate surface area is 148 Å². The van der Waals surface area contributed by atoms with E-state index in [0.717, 1.165) is 17.0 Å². The van der Waals surface area contributed by atoms with Gasteiger partial charge < -0.3 is 14.7 Å². The number of aromatic nitrogens is 1. The lowest BCUT2D eigenvalue weighted by atomic mass is 10.1. The van der Waals surface area contributed by atoms with Gasteiger partial charge in [-0.15, -0.1) is 0 Å². The van der Waals surface area contributed by atoms with Crippen LogP contribution in [0, 0.1) is 13.8 Å². The minimum absolute atomic E-state index is 0.0307. The molecule has 1 aromatic heterocycles. The molecule has 2 aromatic rings. The van der Waals surface area contributed by atoms with Crippen LogP contribution in [0.1, 0.15) is 47.6 Å². The Bertz CT molecular complexity index is 729. The van der Waals surface area contributed by atoms with Crippen LogP contribution in [0.2, 0.25) is 0 Å². The lowest BCUT2D eigenvalue weighted by Gasteiger charge is -2.19. The molecule has 0 spiro atoms. The van der Waals surface area contributed by atoms with E-state index in [4.69, 9.17) is 4.52 Å². The smallest absolute Gasteiger partial charge is 0.253 e. The maximum Gasteiger partial charge on any atom is 0.253 e. The molecule has 0 saturated carbocycles. The molecule has 0 aliphatic rings. The second-order valence-electron chi connectivity index (χ2n) is 5.91. The van der Waals surface area contributed by atoms with Crippen molar-refractivity contribution in [1.29, 1.82) is 0 Å². The molecular formula is C19H25N3O3. The molecule has 2 amide bonds. The third-order valence-corrected chi connectivity index (χ3v) is 4.23. The third kappa shape index (κ3) is 4.68. The van der Waals surface area contributed by atoms with Crippen molar-refractivity contribution in [3.05, 3.63) is 46.8 Å². The third-order valence-electron chi connectivity index (χ3n) is 4.23. The maximum atomic E-state index is 12.4. The van der Waals surface area contributed by atoms with Crippen LogP contribution >= 0.6 is 0 Å². The Morgan fingerprint density at radius 1 is 1.20 bits per heavy atom. The van der Waals surface area contributed by atoms with Crippen LogP contribution in [-0.4, -0.2) is 35.0 Å². The van der Waals surface area contributed by atoms with Crippen LogP contribution in [0.3, 0.4) is 0 Å². The van der Waals surface area contributed by atoms with Gasteiger partial charge in [0, 0.05) is 36.3 Å². The number of carbonyl (C=O) groups excluding carboxylic acids is 2. The summed E-state index contributed by atoms with van der Waals surface area (Å²) < 4.78 is 5.11. The van der Waals surface area contributed by atoms with E-state index >= 15 is 0 Å². The largest absolute Gasteiger partial charge is 0.361 e. The molecule has 25 heavy (non-hydrogen) atoms. The molecule has 6 heteroatoms. The second-order valence-corrected chi connectivity index (χ2v) is 5.91. The number of hydrogen-bond acceptors (Lipinski definition) is 4. The Kier molecular flexibility index (Phi) is 6.33. The summed E-state index contributed by atoms with van der Waals surface area (Å²) in [4.78, 5) is 26.3. The summed E-state index contributed by atoms with van der Waals surface area (Å²) in [5.41, 5.74) is 2.99. The zero-order valence-electron chi connectivity index (χ0n) is 15.3. The number of nitrogens with zero attached hydrogens (tertiary/aromatic N) is 2. The molecule has 0 atom stereocenters. The molecule has 1 heterocycles. The summed E-state index contributed by atoms with van der Waals surface area (Å²) >= 11 is 0. The number of rotatable bonds is 7. The van der Waals surface area contributed by atoms with E-state index in [1.807, 2.05) is 27.7 Å². The monoisotopic (exact) mass is 343 g/mol. The van der Waals surface area contributed by atoms with Gasteiger partial charge in [0.05, 0.1) is 5.69 Å². The number of benzene rings is 1. The molecule has 1 N–H and O–H groups in total. The quantitative estimate of drug-likeness (QED) is 0.836. The summed E-state index contributed by atoms with van der Waals surface area (Å²) in [7, 11) is 0. The molecule has 2 rings (SSSR count). The summed E-state index contributed by atoms with van der Waals surface area (Å²) in [6.07, 6.45) is 0.905. The second kappa shape index (κ2) is 8.46. The highest BCUT2D eigenvalue weighted by molar-refractivity contribution is 5.97. The Morgan fingerprint density at radius 3 is 2.52 bits per heavy atom. The first kappa shape index (κ1) is 18.7. The van der Waals surface area contributed by atoms with E-state index in [-0.39, 0.29) is 11.8 Å². The summed E-state index contributed by atoms with van der Waals surface area (Å²) in [5, 5.41) is 6.75. The van der Waals surface area contributed by atoms with Crippen LogP contribution in [0.25, 0.3) is 0 Å². The molecule has 0 unspecified atom stereocenters. The van der Waals surface area contributed by atoms with Gasteiger partial charge in [-0.05, 0) is 52.3 Å². The minimum atomic E-state index is -0.104. The van der Waals surface area contributed by atoms with Gasteiger partial charge in [0.15, 0.2) is 0 Å². The fourth-order valence-electron chi connectivity index (χ4n) is 2.74. The van der Waals surface area contributed by atoms with Crippen molar-refractivity contribution in [3.63, 3.8) is 0 Å². The topological polar surface area (TPSA) is 75.4 Å². The van der Waals surface area contributed by atoms with Crippen molar-refractivity contribution in [3.8, 4) is 0 Å². The molecular weight excluding hydrogens is 318 g/mol. The molecule has 0 saturated heterocycles. The fraction of sp³-hybridized carbons (Fsp3) is 0.421. The highest BCUT2D eigenvalue weighted by Gasteiger charge is 2.14. The maximum absolute atomic E-state index is 12.4. The van der Waals surface area contributed by atoms with Gasteiger partial charge in [0.25, 0.3) is 5.91 Å². The number of nitrogens with one attached hydrogen (secondary N) is 1. The molecule has 134 valence electrons. The van der Waals surface area contributed by atoms with Gasteiger partial charge in [-0.1, -0.05) is 11.2 Å². The zero-order valence-corrected chi connectivity index (χ0v) is 15.3. The molecule has 0 fully saturated rings. The van der Waals surface area contributed by atoms with Crippen LogP contribution < -0.4 is 5.32 Å². The summed E-state index contributed by atoms with van der Waals surface area (Å²) in [6.45, 7) is 8.91. The summed E-state index contributed by atoms with van der Waals surface area (Å²) in [6, 6.07) is 7.04. The fourth-order valence-corrected chi connectivity index (χ4v) is 2.74. The van der Waals surface area contributed by atoms with E-state index in [2.05, 4.69) is 10.5 Å². The molecule has 0 aliphatic heterocycles. The molecule has 0 bridgehead atoms. The molecule has 0 radical (unpaired) electrons. The van der Waals surface area contributed by atoms with Crippen molar-refractivity contribution >= 4 is 17.5 Å². The van der Waals surface area contributed by atoms with E-state index in [9.17, 15) is 9.59 Å². The molecule has 6 nitrogen and oxygen atoms in total. The van der Waals surface area contributed by atoms with Crippen molar-refractivity contribution in [2.45, 2.75) is 40.5 Å². The normalized spacial score (nSPS) is 10.6. The van der Waals surface area contributed by atoms with Gasteiger partial charge >= 0.3 is 0 Å². The highest BCUT2D eigenvalue weighted by atomic mass is 16.5. The molecule has 0 aliphatic carbocycles. The highest BCUT2D eigenvalue weighted by Crippen LogP contribution is 2.16. The van der Waals surface area contributed by atoms with Crippen molar-refractivity contribution in [1.82, 2.24) is 10.1 Å². The average molecular weight is 343 g/mol. The number of aryl methyl sites for hydroxylation is 2. The Morgan fingerprint density at radius 2 is 1.92 bits per heavy atom. The van der Waals surface area contributed by atoms with Gasteiger partial charge in [-0.3, -0.25) is 9.59 Å². The lowest BCUT2D eigenvalue weighted by Crippen LogP contribution is -2.30. The van der Waals surface area contributed by atoms with Gasteiger partial charge in [0.1, 0.15) is 5.76 Å². The number of anilines is 1. The lowest BCUT2D eigenvalue weighted by molar-refractivity contribution is -0.116. The van der Waals surface area contributed by atoms with Crippen molar-refractivity contribution in [2.75, 3.05) is 18.4 Å². The number of hydrogen-bond donors (Lipinski definition) is 1. The number of amides is 2. The van der Waals surface area contributed by atoms with Gasteiger partial charge in [-0.25, -0.2) is 0 Å². The number of carbonyl (C=O) groups is 2. The van der Waals surface area contributed by atoms with Crippen LogP contribution in [-0.2, 0) is 11.2 Å². The van der Waals surface area contributed by atoms with Crippen LogP contribution in [0.15, 0.2) is 28.8 Å². The van der Waals surface area contributed by atoms with Gasteiger partial charge in [-0.2, -0.15) is 0 Å². The SMILES string of the molecule is CCN(CC)C(=O)c1cccc(NC(=O)CCc2c(C)noc2C)c1. The Balaban J connectivity index is 1.99. The predicted octanol–water partition coefficient (Wildman–Crippen LogP) is 3.34. The first-order chi connectivity index (χ1) is 12.0.